The molecule has 0 bridgehead atoms. The van der Waals surface area contributed by atoms with Gasteiger partial charge in [0.05, 0.1) is 18.4 Å². The highest BCUT2D eigenvalue weighted by atomic mass is 32.2. The minimum absolute atomic E-state index is 0.00224. The molecular formula is C17H22N4O2S. The van der Waals surface area contributed by atoms with Gasteiger partial charge in [0.25, 0.3) is 0 Å². The van der Waals surface area contributed by atoms with Gasteiger partial charge in [-0.1, -0.05) is 42.1 Å². The van der Waals surface area contributed by atoms with E-state index in [-0.39, 0.29) is 12.0 Å². The number of aromatic nitrogens is 3. The lowest BCUT2D eigenvalue weighted by Crippen LogP contribution is -2.32. The minimum Gasteiger partial charge on any atom is -0.376 e. The van der Waals surface area contributed by atoms with Gasteiger partial charge in [0.1, 0.15) is 5.82 Å². The predicted octanol–water partition coefficient (Wildman–Crippen LogP) is 2.02. The van der Waals surface area contributed by atoms with Crippen molar-refractivity contribution in [3.63, 3.8) is 0 Å². The van der Waals surface area contributed by atoms with E-state index in [4.69, 9.17) is 4.74 Å². The third-order valence-corrected chi connectivity index (χ3v) is 4.94. The molecule has 6 nitrogen and oxygen atoms in total. The first-order valence-corrected chi connectivity index (χ1v) is 9.16. The monoisotopic (exact) mass is 346 g/mol. The summed E-state index contributed by atoms with van der Waals surface area (Å²) in [7, 11) is 0. The zero-order valence-corrected chi connectivity index (χ0v) is 14.6. The Kier molecular flexibility index (Phi) is 5.87. The summed E-state index contributed by atoms with van der Waals surface area (Å²) >= 11 is 1.41. The van der Waals surface area contributed by atoms with Crippen LogP contribution in [0.25, 0.3) is 0 Å². The first kappa shape index (κ1) is 17.0. The second-order valence-electron chi connectivity index (χ2n) is 5.83. The van der Waals surface area contributed by atoms with E-state index in [2.05, 4.69) is 27.6 Å². The molecule has 1 aromatic heterocycles. The van der Waals surface area contributed by atoms with Crippen molar-refractivity contribution in [3.05, 3.63) is 41.7 Å². The lowest BCUT2D eigenvalue weighted by molar-refractivity contribution is -0.119. The molecule has 7 heteroatoms. The average molecular weight is 346 g/mol. The van der Waals surface area contributed by atoms with Gasteiger partial charge in [-0.05, 0) is 25.3 Å². The Balaban J connectivity index is 1.52. The van der Waals surface area contributed by atoms with Crippen molar-refractivity contribution in [2.24, 2.45) is 0 Å². The summed E-state index contributed by atoms with van der Waals surface area (Å²) in [6.45, 7) is 4.03. The number of nitrogens with one attached hydrogen (secondary N) is 1. The van der Waals surface area contributed by atoms with E-state index in [1.807, 2.05) is 29.7 Å². The zero-order chi connectivity index (χ0) is 16.8. The quantitative estimate of drug-likeness (QED) is 0.777. The van der Waals surface area contributed by atoms with Crippen molar-refractivity contribution in [1.29, 1.82) is 0 Å². The first-order chi connectivity index (χ1) is 11.7. The normalized spacial score (nSPS) is 17.1. The lowest BCUT2D eigenvalue weighted by atomic mass is 10.2. The molecule has 1 fully saturated rings. The van der Waals surface area contributed by atoms with Crippen LogP contribution in [0.1, 0.15) is 24.2 Å². The highest BCUT2D eigenvalue weighted by molar-refractivity contribution is 7.99. The summed E-state index contributed by atoms with van der Waals surface area (Å²) in [6, 6.07) is 10.2. The summed E-state index contributed by atoms with van der Waals surface area (Å²) in [5.74, 6) is 1.18. The number of carbonyl (C=O) groups is 1. The van der Waals surface area contributed by atoms with Gasteiger partial charge in [0, 0.05) is 13.2 Å². The maximum atomic E-state index is 12.0. The molecule has 0 radical (unpaired) electrons. The number of amides is 1. The summed E-state index contributed by atoms with van der Waals surface area (Å²) in [4.78, 5) is 12.0. The summed E-state index contributed by atoms with van der Waals surface area (Å²) < 4.78 is 7.54. The van der Waals surface area contributed by atoms with E-state index in [1.165, 1.54) is 17.3 Å². The number of ether oxygens (including phenoxy) is 1. The molecule has 24 heavy (non-hydrogen) atoms. The van der Waals surface area contributed by atoms with Crippen LogP contribution in [-0.2, 0) is 16.1 Å². The van der Waals surface area contributed by atoms with Crippen molar-refractivity contribution >= 4 is 17.7 Å². The number of aryl methyl sites for hydroxylation is 1. The van der Waals surface area contributed by atoms with Crippen LogP contribution in [0.4, 0.5) is 0 Å². The van der Waals surface area contributed by atoms with Crippen LogP contribution in [0.15, 0.2) is 35.5 Å². The molecule has 1 aromatic carbocycles. The molecule has 0 unspecified atom stereocenters. The topological polar surface area (TPSA) is 69.0 Å². The van der Waals surface area contributed by atoms with Crippen molar-refractivity contribution in [2.45, 2.75) is 37.6 Å². The maximum Gasteiger partial charge on any atom is 0.230 e. The summed E-state index contributed by atoms with van der Waals surface area (Å²) in [5, 5.41) is 12.0. The fourth-order valence-electron chi connectivity index (χ4n) is 2.63. The molecule has 0 saturated carbocycles. The highest BCUT2D eigenvalue weighted by Gasteiger charge is 2.17. The van der Waals surface area contributed by atoms with Gasteiger partial charge in [-0.3, -0.25) is 4.79 Å². The van der Waals surface area contributed by atoms with Gasteiger partial charge in [-0.15, -0.1) is 10.2 Å². The number of carbonyl (C=O) groups excluding carboxylic acids is 1. The van der Waals surface area contributed by atoms with Crippen LogP contribution in [0.5, 0.6) is 0 Å². The Hall–Kier alpha value is -1.86. The van der Waals surface area contributed by atoms with E-state index in [0.717, 1.165) is 30.4 Å². The predicted molar refractivity (Wildman–Crippen MR) is 93.0 cm³/mol. The fourth-order valence-corrected chi connectivity index (χ4v) is 3.44. The molecule has 1 aliphatic rings. The summed E-state index contributed by atoms with van der Waals surface area (Å²) in [6.07, 6.45) is 2.28. The average Bonchev–Trinajstić information content (AvgIpc) is 3.23. The van der Waals surface area contributed by atoms with Crippen LogP contribution in [-0.4, -0.2) is 45.7 Å². The van der Waals surface area contributed by atoms with Crippen LogP contribution in [0, 0.1) is 6.92 Å². The molecule has 1 saturated heterocycles. The van der Waals surface area contributed by atoms with Crippen molar-refractivity contribution in [2.75, 3.05) is 18.9 Å². The fraction of sp³-hybridized carbons (Fsp3) is 0.471. The Morgan fingerprint density at radius 2 is 2.21 bits per heavy atom. The molecule has 2 aromatic rings. The number of benzene rings is 1. The van der Waals surface area contributed by atoms with Crippen LogP contribution < -0.4 is 5.32 Å². The number of hydrogen-bond acceptors (Lipinski definition) is 5. The smallest absolute Gasteiger partial charge is 0.230 e. The third-order valence-electron chi connectivity index (χ3n) is 3.97. The second-order valence-corrected chi connectivity index (χ2v) is 6.77. The van der Waals surface area contributed by atoms with E-state index in [9.17, 15) is 4.79 Å². The molecule has 1 atom stereocenters. The van der Waals surface area contributed by atoms with Crippen molar-refractivity contribution in [1.82, 2.24) is 20.1 Å². The van der Waals surface area contributed by atoms with Crippen molar-refractivity contribution in [3.8, 4) is 0 Å². The Morgan fingerprint density at radius 3 is 2.96 bits per heavy atom. The molecule has 2 heterocycles. The minimum atomic E-state index is 0.00224. The SMILES string of the molecule is Cc1nnc(SCC(=O)NC[C@@H]2CCCO2)n1Cc1ccccc1. The Bertz CT molecular complexity index is 668. The first-order valence-electron chi connectivity index (χ1n) is 8.17. The lowest BCUT2D eigenvalue weighted by Gasteiger charge is -2.11. The van der Waals surface area contributed by atoms with Gasteiger partial charge >= 0.3 is 0 Å². The second kappa shape index (κ2) is 8.30. The van der Waals surface area contributed by atoms with Crippen LogP contribution in [0.3, 0.4) is 0 Å². The van der Waals surface area contributed by atoms with E-state index in [0.29, 0.717) is 18.8 Å². The van der Waals surface area contributed by atoms with Crippen LogP contribution >= 0.6 is 11.8 Å². The maximum absolute atomic E-state index is 12.0. The molecule has 128 valence electrons. The molecule has 0 spiro atoms. The zero-order valence-electron chi connectivity index (χ0n) is 13.8. The molecular weight excluding hydrogens is 324 g/mol. The number of rotatable bonds is 7. The summed E-state index contributed by atoms with van der Waals surface area (Å²) in [5.41, 5.74) is 1.19. The van der Waals surface area contributed by atoms with Crippen LogP contribution in [0.2, 0.25) is 0 Å². The van der Waals surface area contributed by atoms with E-state index >= 15 is 0 Å². The van der Waals surface area contributed by atoms with Gasteiger partial charge in [-0.25, -0.2) is 0 Å². The van der Waals surface area contributed by atoms with E-state index < -0.39 is 0 Å². The molecule has 0 aliphatic carbocycles. The van der Waals surface area contributed by atoms with Gasteiger partial charge < -0.3 is 14.6 Å². The van der Waals surface area contributed by atoms with Crippen molar-refractivity contribution < 1.29 is 9.53 Å². The number of nitrogens with zero attached hydrogens (tertiary/aromatic N) is 3. The standard InChI is InChI=1S/C17H22N4O2S/c1-13-19-20-17(21(13)11-14-6-3-2-4-7-14)24-12-16(22)18-10-15-8-5-9-23-15/h2-4,6-7,15H,5,8-12H2,1H3,(H,18,22)/t15-/m0/s1. The molecule has 1 N–H and O–H groups in total. The largest absolute Gasteiger partial charge is 0.376 e. The number of thioether (sulfide) groups is 1. The van der Waals surface area contributed by atoms with Gasteiger partial charge in [0.2, 0.25) is 5.91 Å². The highest BCUT2D eigenvalue weighted by Crippen LogP contribution is 2.18. The van der Waals surface area contributed by atoms with E-state index in [1.54, 1.807) is 0 Å². The van der Waals surface area contributed by atoms with Gasteiger partial charge in [-0.2, -0.15) is 0 Å². The number of hydrogen-bond donors (Lipinski definition) is 1. The molecule has 3 rings (SSSR count). The molecule has 1 aliphatic heterocycles. The Labute approximate surface area is 146 Å². The Morgan fingerprint density at radius 1 is 1.38 bits per heavy atom. The third kappa shape index (κ3) is 4.58. The van der Waals surface area contributed by atoms with Gasteiger partial charge in [0.15, 0.2) is 5.16 Å². The molecule has 1 amide bonds.